The number of benzene rings is 4. The minimum Gasteiger partial charge on any atom is -0.379 e. The highest BCUT2D eigenvalue weighted by Crippen LogP contribution is 2.68. The van der Waals surface area contributed by atoms with Gasteiger partial charge in [-0.15, -0.1) is 0 Å². The molecule has 7 rings (SSSR count). The van der Waals surface area contributed by atoms with Crippen molar-refractivity contribution in [1.82, 2.24) is 14.3 Å². The summed E-state index contributed by atoms with van der Waals surface area (Å²) in [6.07, 6.45) is 2.77. The van der Waals surface area contributed by atoms with Gasteiger partial charge in [0.15, 0.2) is 0 Å². The van der Waals surface area contributed by atoms with Gasteiger partial charge in [0.2, 0.25) is 0 Å². The molecule has 0 bridgehead atoms. The Morgan fingerprint density at radius 1 is 0.923 bits per heavy atom. The van der Waals surface area contributed by atoms with Gasteiger partial charge in [-0.1, -0.05) is 91.0 Å². The summed E-state index contributed by atoms with van der Waals surface area (Å²) in [5, 5.41) is 5.81. The number of ether oxygens (including phenoxy) is 1. The van der Waals surface area contributed by atoms with Gasteiger partial charge in [-0.2, -0.15) is 5.10 Å². The Morgan fingerprint density at radius 3 is 2.41 bits per heavy atom. The Balaban J connectivity index is 1.29. The van der Waals surface area contributed by atoms with Crippen molar-refractivity contribution in [2.24, 2.45) is 0 Å². The van der Waals surface area contributed by atoms with E-state index in [1.165, 1.54) is 16.7 Å². The van der Waals surface area contributed by atoms with E-state index in [2.05, 4.69) is 101 Å². The molecule has 39 heavy (non-hydrogen) atoms. The Hall–Kier alpha value is -4.06. The lowest BCUT2D eigenvalue weighted by Crippen LogP contribution is -2.55. The van der Waals surface area contributed by atoms with Crippen LogP contribution in [0.15, 0.2) is 109 Å². The molecule has 1 aromatic heterocycles. The Bertz CT molecular complexity index is 1660. The first-order valence-corrected chi connectivity index (χ1v) is 13.7. The molecule has 3 atom stereocenters. The standard InChI is InChI=1S/C34H32N3O2/c1-39-19-18-37(24-26-12-6-3-7-13-26)32-15-9-8-14-29(32)34(33(37)38)21-30(34)27-16-17-28-22-35-36(31(28)20-27)23-25-10-4-2-5-11-25/h2-17,20,22,30H,18-19,21,23-24H2,1H3/q+1/t30-,34-,37?/m0/s1. The van der Waals surface area contributed by atoms with E-state index in [9.17, 15) is 4.79 Å². The predicted octanol–water partition coefficient (Wildman–Crippen LogP) is 6.20. The van der Waals surface area contributed by atoms with E-state index in [1.54, 1.807) is 7.11 Å². The van der Waals surface area contributed by atoms with E-state index in [1.807, 2.05) is 18.3 Å². The molecule has 0 saturated heterocycles. The lowest BCUT2D eigenvalue weighted by molar-refractivity contribution is -0.132. The van der Waals surface area contributed by atoms with Crippen molar-refractivity contribution in [3.8, 4) is 0 Å². The van der Waals surface area contributed by atoms with Crippen LogP contribution in [0.25, 0.3) is 10.9 Å². The second-order valence-electron chi connectivity index (χ2n) is 11.0. The molecule has 1 unspecified atom stereocenters. The maximum atomic E-state index is 14.8. The van der Waals surface area contributed by atoms with Gasteiger partial charge >= 0.3 is 5.91 Å². The molecule has 2 aliphatic rings. The second kappa shape index (κ2) is 9.30. The zero-order chi connectivity index (χ0) is 26.5. The van der Waals surface area contributed by atoms with Gasteiger partial charge < -0.3 is 4.74 Å². The lowest BCUT2D eigenvalue weighted by atomic mass is 9.92. The first-order valence-electron chi connectivity index (χ1n) is 13.7. The number of hydrogen-bond acceptors (Lipinski definition) is 3. The molecule has 5 aromatic rings. The highest BCUT2D eigenvalue weighted by Gasteiger charge is 2.74. The summed E-state index contributed by atoms with van der Waals surface area (Å²) >= 11 is 0. The minimum atomic E-state index is -0.503. The van der Waals surface area contributed by atoms with Crippen LogP contribution in [-0.4, -0.2) is 35.9 Å². The van der Waals surface area contributed by atoms with Crippen LogP contribution in [-0.2, 0) is 28.0 Å². The fourth-order valence-corrected chi connectivity index (χ4v) is 6.82. The quantitative estimate of drug-likeness (QED) is 0.232. The Kier molecular flexibility index (Phi) is 5.72. The van der Waals surface area contributed by atoms with Crippen LogP contribution in [0.2, 0.25) is 0 Å². The first kappa shape index (κ1) is 24.0. The lowest BCUT2D eigenvalue weighted by Gasteiger charge is -2.32. The average molecular weight is 515 g/mol. The fourth-order valence-electron chi connectivity index (χ4n) is 6.82. The molecule has 1 saturated carbocycles. The number of fused-ring (bicyclic) bond motifs is 3. The van der Waals surface area contributed by atoms with Crippen molar-refractivity contribution in [2.75, 3.05) is 20.3 Å². The third kappa shape index (κ3) is 3.76. The molecule has 0 N–H and O–H groups in total. The van der Waals surface area contributed by atoms with Crippen molar-refractivity contribution in [2.45, 2.75) is 30.8 Å². The second-order valence-corrected chi connectivity index (χ2v) is 11.0. The molecule has 1 aliphatic heterocycles. The van der Waals surface area contributed by atoms with E-state index in [0.29, 0.717) is 30.1 Å². The molecule has 0 radical (unpaired) electrons. The molecular weight excluding hydrogens is 482 g/mol. The molecule has 1 aliphatic carbocycles. The van der Waals surface area contributed by atoms with Gasteiger partial charge in [0, 0.05) is 29.5 Å². The fraction of sp³-hybridized carbons (Fsp3) is 0.235. The van der Waals surface area contributed by atoms with Gasteiger partial charge in [0.05, 0.1) is 24.9 Å². The molecule has 1 spiro atoms. The van der Waals surface area contributed by atoms with Gasteiger partial charge in [0.1, 0.15) is 24.2 Å². The number of rotatable bonds is 8. The van der Waals surface area contributed by atoms with Gasteiger partial charge in [-0.25, -0.2) is 9.28 Å². The Morgan fingerprint density at radius 2 is 1.64 bits per heavy atom. The van der Waals surface area contributed by atoms with E-state index in [-0.39, 0.29) is 5.92 Å². The molecule has 194 valence electrons. The van der Waals surface area contributed by atoms with E-state index >= 15 is 0 Å². The van der Waals surface area contributed by atoms with Crippen LogP contribution < -0.4 is 4.48 Å². The number of aromatic nitrogens is 2. The number of hydrogen-bond donors (Lipinski definition) is 0. The first-order chi connectivity index (χ1) is 19.2. The number of nitrogens with zero attached hydrogens (tertiary/aromatic N) is 3. The highest BCUT2D eigenvalue weighted by atomic mass is 16.5. The SMILES string of the molecule is COCC[N+]1(Cc2ccccc2)C(=O)[C@@]2(C[C@H]2c2ccc3cnn(Cc4ccccc4)c3c2)c2ccccc21. The smallest absolute Gasteiger partial charge is 0.330 e. The number of quaternary nitrogens is 1. The number of amides is 1. The molecule has 4 aromatic carbocycles. The molecule has 5 heteroatoms. The van der Waals surface area contributed by atoms with Crippen LogP contribution in [0.1, 0.15) is 34.6 Å². The van der Waals surface area contributed by atoms with Gasteiger partial charge in [-0.05, 0) is 29.7 Å². The minimum absolute atomic E-state index is 0.147. The summed E-state index contributed by atoms with van der Waals surface area (Å²) in [4.78, 5) is 14.8. The zero-order valence-electron chi connectivity index (χ0n) is 22.2. The van der Waals surface area contributed by atoms with Crippen LogP contribution in [0, 0.1) is 0 Å². The maximum Gasteiger partial charge on any atom is 0.330 e. The van der Waals surface area contributed by atoms with Crippen molar-refractivity contribution in [3.05, 3.63) is 132 Å². The third-order valence-electron chi connectivity index (χ3n) is 8.80. The maximum absolute atomic E-state index is 14.8. The normalized spacial score (nSPS) is 23.4. The number of methoxy groups -OCH3 is 1. The summed E-state index contributed by atoms with van der Waals surface area (Å²) < 4.78 is 7.93. The topological polar surface area (TPSA) is 44.1 Å². The van der Waals surface area contributed by atoms with Crippen molar-refractivity contribution < 1.29 is 9.53 Å². The summed E-state index contributed by atoms with van der Waals surface area (Å²) in [6.45, 7) is 2.51. The van der Waals surface area contributed by atoms with E-state index < -0.39 is 5.41 Å². The van der Waals surface area contributed by atoms with Crippen molar-refractivity contribution >= 4 is 22.5 Å². The van der Waals surface area contributed by atoms with Crippen molar-refractivity contribution in [1.29, 1.82) is 0 Å². The summed E-state index contributed by atoms with van der Waals surface area (Å²) in [6, 6.07) is 35.9. The summed E-state index contributed by atoms with van der Waals surface area (Å²) in [5.74, 6) is 0.446. The highest BCUT2D eigenvalue weighted by molar-refractivity contribution is 6.08. The number of para-hydroxylation sites is 1. The van der Waals surface area contributed by atoms with Crippen LogP contribution in [0.4, 0.5) is 5.69 Å². The van der Waals surface area contributed by atoms with E-state index in [4.69, 9.17) is 4.74 Å². The van der Waals surface area contributed by atoms with Gasteiger partial charge in [-0.3, -0.25) is 4.68 Å². The van der Waals surface area contributed by atoms with Gasteiger partial charge in [0.25, 0.3) is 0 Å². The van der Waals surface area contributed by atoms with E-state index in [0.717, 1.165) is 35.1 Å². The molecule has 2 heterocycles. The largest absolute Gasteiger partial charge is 0.379 e. The predicted molar refractivity (Wildman–Crippen MR) is 154 cm³/mol. The van der Waals surface area contributed by atoms with Crippen LogP contribution >= 0.6 is 0 Å². The van der Waals surface area contributed by atoms with Crippen LogP contribution in [0.5, 0.6) is 0 Å². The molecule has 5 nitrogen and oxygen atoms in total. The third-order valence-corrected chi connectivity index (χ3v) is 8.80. The molecular formula is C34H32N3O2+. The summed E-state index contributed by atoms with van der Waals surface area (Å²) in [7, 11) is 1.72. The molecule has 1 amide bonds. The average Bonchev–Trinajstić information content (AvgIpc) is 3.57. The monoisotopic (exact) mass is 514 g/mol. The zero-order valence-corrected chi connectivity index (χ0v) is 22.2. The number of carbonyl (C=O) groups excluding carboxylic acids is 1. The van der Waals surface area contributed by atoms with Crippen LogP contribution in [0.3, 0.4) is 0 Å². The summed E-state index contributed by atoms with van der Waals surface area (Å²) in [5.41, 5.74) is 6.52. The Labute approximate surface area is 228 Å². The van der Waals surface area contributed by atoms with Crippen molar-refractivity contribution in [3.63, 3.8) is 0 Å². The molecule has 1 fully saturated rings. The number of carbonyl (C=O) groups is 1.